The van der Waals surface area contributed by atoms with Crippen LogP contribution in [-0.4, -0.2) is 55.2 Å². The average Bonchev–Trinajstić information content (AvgIpc) is 2.62. The molecule has 1 aliphatic rings. The summed E-state index contributed by atoms with van der Waals surface area (Å²) in [4.78, 5) is 19.2. The van der Waals surface area contributed by atoms with E-state index in [2.05, 4.69) is 30.8 Å². The summed E-state index contributed by atoms with van der Waals surface area (Å²) in [5.74, 6) is 1.86. The van der Waals surface area contributed by atoms with Crippen molar-refractivity contribution in [3.05, 3.63) is 36.4 Å². The van der Waals surface area contributed by atoms with Crippen molar-refractivity contribution in [3.8, 4) is 6.07 Å². The number of rotatable bonds is 3. The van der Waals surface area contributed by atoms with Gasteiger partial charge in [-0.05, 0) is 12.1 Å². The minimum Gasteiger partial charge on any atom is -0.368 e. The number of hydrogen-bond donors (Lipinski definition) is 0. The Kier molecular flexibility index (Phi) is 4.24. The highest BCUT2D eigenvalue weighted by Crippen LogP contribution is 2.21. The lowest BCUT2D eigenvalue weighted by molar-refractivity contribution is 0.646. The van der Waals surface area contributed by atoms with Gasteiger partial charge >= 0.3 is 0 Å². The Morgan fingerprint density at radius 3 is 2.48 bits per heavy atom. The molecule has 2 aromatic rings. The first-order valence-electron chi connectivity index (χ1n) is 7.53. The number of aromatic nitrogens is 3. The third-order valence-electron chi connectivity index (χ3n) is 3.92. The molecule has 0 unspecified atom stereocenters. The molecule has 118 valence electrons. The van der Waals surface area contributed by atoms with E-state index >= 15 is 0 Å². The molecule has 0 bridgehead atoms. The topological polar surface area (TPSA) is 72.2 Å². The summed E-state index contributed by atoms with van der Waals surface area (Å²) in [6.07, 6.45) is 3.30. The zero-order valence-electron chi connectivity index (χ0n) is 13.3. The number of anilines is 3. The van der Waals surface area contributed by atoms with E-state index < -0.39 is 0 Å². The third-order valence-corrected chi connectivity index (χ3v) is 3.92. The van der Waals surface area contributed by atoms with Crippen LogP contribution in [0, 0.1) is 11.3 Å². The predicted octanol–water partition coefficient (Wildman–Crippen LogP) is 1.14. The normalized spacial score (nSPS) is 14.5. The molecule has 1 fully saturated rings. The Hall–Kier alpha value is -2.88. The van der Waals surface area contributed by atoms with Gasteiger partial charge in [0.15, 0.2) is 0 Å². The van der Waals surface area contributed by atoms with Crippen LogP contribution in [0.2, 0.25) is 0 Å². The maximum atomic E-state index is 8.96. The second kappa shape index (κ2) is 6.48. The van der Waals surface area contributed by atoms with Crippen LogP contribution in [0.1, 0.15) is 5.69 Å². The fourth-order valence-corrected chi connectivity index (χ4v) is 2.63. The standard InChI is InChI=1S/C16H19N7/c1-21(2)15-10-16(20-12-19-15)23-7-5-22(6-8-23)14-3-4-18-13(9-14)11-17/h3-4,9-10,12H,5-8H2,1-2H3. The summed E-state index contributed by atoms with van der Waals surface area (Å²) in [5, 5.41) is 8.96. The van der Waals surface area contributed by atoms with Crippen molar-refractivity contribution in [2.45, 2.75) is 0 Å². The quantitative estimate of drug-likeness (QED) is 0.841. The maximum absolute atomic E-state index is 8.96. The summed E-state index contributed by atoms with van der Waals surface area (Å²) in [7, 11) is 3.94. The molecular formula is C16H19N7. The first-order valence-corrected chi connectivity index (χ1v) is 7.53. The fourth-order valence-electron chi connectivity index (χ4n) is 2.63. The van der Waals surface area contributed by atoms with Gasteiger partial charge < -0.3 is 14.7 Å². The van der Waals surface area contributed by atoms with Crippen LogP contribution in [0.5, 0.6) is 0 Å². The second-order valence-electron chi connectivity index (χ2n) is 5.61. The van der Waals surface area contributed by atoms with E-state index in [0.29, 0.717) is 5.69 Å². The van der Waals surface area contributed by atoms with Gasteiger partial charge in [0.25, 0.3) is 0 Å². The van der Waals surface area contributed by atoms with Gasteiger partial charge in [-0.15, -0.1) is 0 Å². The highest BCUT2D eigenvalue weighted by atomic mass is 15.3. The highest BCUT2D eigenvalue weighted by molar-refractivity contribution is 5.53. The lowest BCUT2D eigenvalue weighted by Crippen LogP contribution is -2.46. The van der Waals surface area contributed by atoms with Crippen LogP contribution in [0.3, 0.4) is 0 Å². The van der Waals surface area contributed by atoms with Gasteiger partial charge in [-0.1, -0.05) is 0 Å². The van der Waals surface area contributed by atoms with E-state index in [1.165, 1.54) is 0 Å². The molecule has 0 aromatic carbocycles. The van der Waals surface area contributed by atoms with E-state index in [-0.39, 0.29) is 0 Å². The van der Waals surface area contributed by atoms with Crippen LogP contribution in [0.15, 0.2) is 30.7 Å². The van der Waals surface area contributed by atoms with Crippen molar-refractivity contribution in [2.24, 2.45) is 0 Å². The summed E-state index contributed by atoms with van der Waals surface area (Å²) in [5.41, 5.74) is 1.50. The molecule has 0 saturated carbocycles. The zero-order chi connectivity index (χ0) is 16.2. The Morgan fingerprint density at radius 1 is 1.04 bits per heavy atom. The molecule has 0 N–H and O–H groups in total. The van der Waals surface area contributed by atoms with Crippen molar-refractivity contribution in [3.63, 3.8) is 0 Å². The highest BCUT2D eigenvalue weighted by Gasteiger charge is 2.19. The zero-order valence-corrected chi connectivity index (χ0v) is 13.3. The molecule has 0 radical (unpaired) electrons. The van der Waals surface area contributed by atoms with E-state index in [4.69, 9.17) is 5.26 Å². The van der Waals surface area contributed by atoms with E-state index in [0.717, 1.165) is 43.5 Å². The number of pyridine rings is 1. The average molecular weight is 309 g/mol. The van der Waals surface area contributed by atoms with Gasteiger partial charge in [0.2, 0.25) is 0 Å². The molecule has 2 aromatic heterocycles. The molecule has 7 nitrogen and oxygen atoms in total. The van der Waals surface area contributed by atoms with Crippen LogP contribution in [0.4, 0.5) is 17.3 Å². The van der Waals surface area contributed by atoms with Crippen LogP contribution >= 0.6 is 0 Å². The van der Waals surface area contributed by atoms with Gasteiger partial charge in [-0.3, -0.25) is 0 Å². The van der Waals surface area contributed by atoms with E-state index in [1.807, 2.05) is 37.2 Å². The maximum Gasteiger partial charge on any atom is 0.142 e. The van der Waals surface area contributed by atoms with Crippen LogP contribution < -0.4 is 14.7 Å². The van der Waals surface area contributed by atoms with Crippen LogP contribution in [-0.2, 0) is 0 Å². The van der Waals surface area contributed by atoms with E-state index in [1.54, 1.807) is 12.5 Å². The van der Waals surface area contributed by atoms with Crippen LogP contribution in [0.25, 0.3) is 0 Å². The number of nitrogens with zero attached hydrogens (tertiary/aromatic N) is 7. The molecule has 0 amide bonds. The van der Waals surface area contributed by atoms with Gasteiger partial charge in [0, 0.05) is 58.2 Å². The van der Waals surface area contributed by atoms with Crippen molar-refractivity contribution >= 4 is 17.3 Å². The number of piperazine rings is 1. The minimum atomic E-state index is 0.455. The molecule has 1 aliphatic heterocycles. The second-order valence-corrected chi connectivity index (χ2v) is 5.61. The molecule has 1 saturated heterocycles. The Morgan fingerprint density at radius 2 is 1.78 bits per heavy atom. The lowest BCUT2D eigenvalue weighted by atomic mass is 10.2. The SMILES string of the molecule is CN(C)c1cc(N2CCN(c3ccnc(C#N)c3)CC2)ncn1. The summed E-state index contributed by atoms with van der Waals surface area (Å²) >= 11 is 0. The van der Waals surface area contributed by atoms with Crippen molar-refractivity contribution in [1.82, 2.24) is 15.0 Å². The predicted molar refractivity (Wildman–Crippen MR) is 89.7 cm³/mol. The molecule has 0 aliphatic carbocycles. The Labute approximate surface area is 135 Å². The first kappa shape index (κ1) is 15.0. The van der Waals surface area contributed by atoms with Gasteiger partial charge in [0.1, 0.15) is 29.7 Å². The molecule has 7 heteroatoms. The van der Waals surface area contributed by atoms with Crippen molar-refractivity contribution < 1.29 is 0 Å². The molecule has 23 heavy (non-hydrogen) atoms. The molecular weight excluding hydrogens is 290 g/mol. The monoisotopic (exact) mass is 309 g/mol. The smallest absolute Gasteiger partial charge is 0.142 e. The molecule has 3 rings (SSSR count). The van der Waals surface area contributed by atoms with Gasteiger partial charge in [0.05, 0.1) is 0 Å². The summed E-state index contributed by atoms with van der Waals surface area (Å²) < 4.78 is 0. The molecule has 0 atom stereocenters. The summed E-state index contributed by atoms with van der Waals surface area (Å²) in [6, 6.07) is 7.89. The summed E-state index contributed by atoms with van der Waals surface area (Å²) in [6.45, 7) is 3.54. The van der Waals surface area contributed by atoms with Crippen molar-refractivity contribution in [1.29, 1.82) is 5.26 Å². The van der Waals surface area contributed by atoms with Crippen molar-refractivity contribution in [2.75, 3.05) is 55.0 Å². The third kappa shape index (κ3) is 3.31. The minimum absolute atomic E-state index is 0.455. The van der Waals surface area contributed by atoms with E-state index in [9.17, 15) is 0 Å². The Bertz CT molecular complexity index is 714. The lowest BCUT2D eigenvalue weighted by Gasteiger charge is -2.36. The first-order chi connectivity index (χ1) is 11.2. The fraction of sp³-hybridized carbons (Fsp3) is 0.375. The number of hydrogen-bond acceptors (Lipinski definition) is 7. The number of nitriles is 1. The Balaban J connectivity index is 1.68. The van der Waals surface area contributed by atoms with Gasteiger partial charge in [-0.25, -0.2) is 15.0 Å². The molecule has 3 heterocycles. The molecule has 0 spiro atoms. The largest absolute Gasteiger partial charge is 0.368 e. The van der Waals surface area contributed by atoms with Gasteiger partial charge in [-0.2, -0.15) is 5.26 Å².